The second-order valence-electron chi connectivity index (χ2n) is 7.46. The lowest BCUT2D eigenvalue weighted by Gasteiger charge is -2.11. The molecule has 2 aliphatic heterocycles. The predicted octanol–water partition coefficient (Wildman–Crippen LogP) is 4.86. The molecule has 32 heavy (non-hydrogen) atoms. The molecule has 1 aromatic heterocycles. The third-order valence-electron chi connectivity index (χ3n) is 5.34. The number of aryl methyl sites for hydroxylation is 1. The number of benzene rings is 1. The highest BCUT2D eigenvalue weighted by atomic mass is 32.2. The standard InChI is InChI=1S/C24H20N2O5S/c1-14-18(25-23(31-14)15-5-3-2-4-6-15)9-11-29-19-10-12-30-21-16(7-8-17(19)21)13-20-22(27)26-24(28)32-20/h2-8,10,12,20H,9,11,13H2,1H3,(H,26,27,28). The molecule has 1 unspecified atom stereocenters. The Kier molecular flexibility index (Phi) is 5.45. The van der Waals surface area contributed by atoms with Crippen molar-refractivity contribution in [3.63, 3.8) is 0 Å². The second-order valence-corrected chi connectivity index (χ2v) is 8.64. The van der Waals surface area contributed by atoms with E-state index in [0.717, 1.165) is 39.9 Å². The molecule has 1 N–H and O–H groups in total. The van der Waals surface area contributed by atoms with Crippen LogP contribution in [0.2, 0.25) is 0 Å². The van der Waals surface area contributed by atoms with Crippen LogP contribution >= 0.6 is 11.8 Å². The number of fused-ring (bicyclic) bond motifs is 1. The molecule has 3 aliphatic rings. The van der Waals surface area contributed by atoms with Crippen molar-refractivity contribution in [3.8, 4) is 28.5 Å². The van der Waals surface area contributed by atoms with Gasteiger partial charge in [0, 0.05) is 18.1 Å². The van der Waals surface area contributed by atoms with Crippen LogP contribution in [0.25, 0.3) is 22.8 Å². The van der Waals surface area contributed by atoms with Crippen molar-refractivity contribution in [1.29, 1.82) is 0 Å². The Morgan fingerprint density at radius 2 is 1.97 bits per heavy atom. The van der Waals surface area contributed by atoms with Crippen molar-refractivity contribution >= 4 is 22.9 Å². The van der Waals surface area contributed by atoms with Crippen molar-refractivity contribution in [2.45, 2.75) is 25.0 Å². The summed E-state index contributed by atoms with van der Waals surface area (Å²) in [7, 11) is 0. The molecule has 162 valence electrons. The predicted molar refractivity (Wildman–Crippen MR) is 120 cm³/mol. The highest BCUT2D eigenvalue weighted by Gasteiger charge is 2.33. The van der Waals surface area contributed by atoms with Crippen molar-refractivity contribution < 1.29 is 23.2 Å². The highest BCUT2D eigenvalue weighted by molar-refractivity contribution is 8.15. The molecule has 1 aromatic carbocycles. The molecule has 7 nitrogen and oxygen atoms in total. The number of hydrogen-bond acceptors (Lipinski definition) is 7. The fourth-order valence-corrected chi connectivity index (χ4v) is 4.58. The van der Waals surface area contributed by atoms with Crippen LogP contribution in [-0.2, 0) is 17.6 Å². The van der Waals surface area contributed by atoms with Gasteiger partial charge >= 0.3 is 0 Å². The molecule has 0 radical (unpaired) electrons. The third kappa shape index (κ3) is 4.01. The molecule has 1 aliphatic carbocycles. The summed E-state index contributed by atoms with van der Waals surface area (Å²) in [6.45, 7) is 2.33. The molecule has 8 heteroatoms. The van der Waals surface area contributed by atoms with Crippen LogP contribution in [0.1, 0.15) is 17.0 Å². The SMILES string of the molecule is Cc1oc(-c2ccccc2)nc1CCOc1ccoc2c(CC3SC(=O)NC3=O)ccc1-2. The number of hydrogen-bond donors (Lipinski definition) is 1. The van der Waals surface area contributed by atoms with Gasteiger partial charge in [-0.15, -0.1) is 0 Å². The van der Waals surface area contributed by atoms with Gasteiger partial charge in [0.2, 0.25) is 11.8 Å². The maximum Gasteiger partial charge on any atom is 0.286 e. The number of carbonyl (C=O) groups excluding carboxylic acids is 2. The number of carbonyl (C=O) groups is 2. The van der Waals surface area contributed by atoms with Crippen molar-refractivity contribution in [1.82, 2.24) is 10.3 Å². The first-order chi connectivity index (χ1) is 15.6. The molecule has 0 bridgehead atoms. The molecule has 3 heterocycles. The molecular weight excluding hydrogens is 428 g/mol. The Morgan fingerprint density at radius 1 is 1.12 bits per heavy atom. The minimum atomic E-state index is -0.443. The smallest absolute Gasteiger partial charge is 0.286 e. The van der Waals surface area contributed by atoms with E-state index in [2.05, 4.69) is 10.3 Å². The van der Waals surface area contributed by atoms with Gasteiger partial charge in [-0.25, -0.2) is 4.98 Å². The van der Waals surface area contributed by atoms with E-state index in [1.807, 2.05) is 49.4 Å². The quantitative estimate of drug-likeness (QED) is 0.431. The first kappa shape index (κ1) is 20.4. The number of ether oxygens (including phenoxy) is 1. The van der Waals surface area contributed by atoms with Gasteiger partial charge in [0.25, 0.3) is 5.24 Å². The first-order valence-electron chi connectivity index (χ1n) is 10.2. The maximum atomic E-state index is 11.9. The second kappa shape index (κ2) is 8.55. The molecule has 0 spiro atoms. The number of amides is 2. The highest BCUT2D eigenvalue weighted by Crippen LogP contribution is 2.38. The molecule has 2 aromatic rings. The zero-order valence-corrected chi connectivity index (χ0v) is 18.1. The monoisotopic (exact) mass is 448 g/mol. The lowest BCUT2D eigenvalue weighted by Crippen LogP contribution is -2.25. The topological polar surface area (TPSA) is 94.6 Å². The number of thioether (sulfide) groups is 1. The molecule has 2 amide bonds. The largest absolute Gasteiger partial charge is 0.492 e. The Hall–Kier alpha value is -3.52. The Balaban J connectivity index is 1.25. The van der Waals surface area contributed by atoms with Gasteiger partial charge in [-0.2, -0.15) is 0 Å². The summed E-state index contributed by atoms with van der Waals surface area (Å²) in [6.07, 6.45) is 2.59. The normalized spacial score (nSPS) is 16.0. The zero-order chi connectivity index (χ0) is 22.1. The summed E-state index contributed by atoms with van der Waals surface area (Å²) in [6, 6.07) is 15.4. The van der Waals surface area contributed by atoms with E-state index < -0.39 is 5.25 Å². The summed E-state index contributed by atoms with van der Waals surface area (Å²) in [5.41, 5.74) is 3.50. The van der Waals surface area contributed by atoms with Gasteiger partial charge in [0.15, 0.2) is 0 Å². The van der Waals surface area contributed by atoms with Gasteiger partial charge in [-0.05, 0) is 37.1 Å². The molecular formula is C24H20N2O5S. The van der Waals surface area contributed by atoms with Gasteiger partial charge < -0.3 is 13.6 Å². The van der Waals surface area contributed by atoms with Gasteiger partial charge in [0.1, 0.15) is 17.3 Å². The number of nitrogens with one attached hydrogen (secondary N) is 1. The van der Waals surface area contributed by atoms with Crippen LogP contribution in [0.5, 0.6) is 5.75 Å². The summed E-state index contributed by atoms with van der Waals surface area (Å²) < 4.78 is 17.5. The molecule has 1 atom stereocenters. The van der Waals surface area contributed by atoms with Gasteiger partial charge in [-0.3, -0.25) is 14.9 Å². The number of aromatic nitrogens is 1. The maximum absolute atomic E-state index is 11.9. The lowest BCUT2D eigenvalue weighted by molar-refractivity contribution is -0.118. The number of imide groups is 1. The Morgan fingerprint density at radius 3 is 2.75 bits per heavy atom. The molecule has 1 saturated heterocycles. The van der Waals surface area contributed by atoms with Crippen molar-refractivity contribution in [2.24, 2.45) is 0 Å². The van der Waals surface area contributed by atoms with Gasteiger partial charge in [0.05, 0.1) is 29.4 Å². The fraction of sp³-hybridized carbons (Fsp3) is 0.208. The molecule has 0 saturated carbocycles. The minimum absolute atomic E-state index is 0.264. The average molecular weight is 449 g/mol. The van der Waals surface area contributed by atoms with E-state index in [-0.39, 0.29) is 11.1 Å². The van der Waals surface area contributed by atoms with Crippen LogP contribution < -0.4 is 10.1 Å². The van der Waals surface area contributed by atoms with Crippen LogP contribution in [0.15, 0.2) is 63.6 Å². The molecule has 5 rings (SSSR count). The van der Waals surface area contributed by atoms with E-state index in [9.17, 15) is 9.59 Å². The Bertz CT molecular complexity index is 1250. The number of rotatable bonds is 7. The van der Waals surface area contributed by atoms with Gasteiger partial charge in [-0.1, -0.05) is 36.0 Å². The van der Waals surface area contributed by atoms with E-state index in [0.29, 0.717) is 36.8 Å². The lowest BCUT2D eigenvalue weighted by atomic mass is 10.1. The first-order valence-corrected chi connectivity index (χ1v) is 11.1. The van der Waals surface area contributed by atoms with E-state index in [1.54, 1.807) is 12.3 Å². The van der Waals surface area contributed by atoms with E-state index in [1.165, 1.54) is 0 Å². The van der Waals surface area contributed by atoms with E-state index >= 15 is 0 Å². The fourth-order valence-electron chi connectivity index (χ4n) is 3.73. The van der Waals surface area contributed by atoms with Crippen LogP contribution in [0.3, 0.4) is 0 Å². The number of nitrogens with zero attached hydrogens (tertiary/aromatic N) is 1. The van der Waals surface area contributed by atoms with Crippen molar-refractivity contribution in [2.75, 3.05) is 6.61 Å². The van der Waals surface area contributed by atoms with Crippen LogP contribution in [0.4, 0.5) is 4.79 Å². The van der Waals surface area contributed by atoms with E-state index in [4.69, 9.17) is 13.6 Å². The summed E-state index contributed by atoms with van der Waals surface area (Å²) >= 11 is 1.01. The summed E-state index contributed by atoms with van der Waals surface area (Å²) in [5.74, 6) is 2.48. The molecule has 1 fully saturated rings. The number of oxazole rings is 1. The third-order valence-corrected chi connectivity index (χ3v) is 6.32. The minimum Gasteiger partial charge on any atom is -0.492 e. The van der Waals surface area contributed by atoms with Crippen LogP contribution in [-0.4, -0.2) is 28.0 Å². The Labute approximate surface area is 188 Å². The average Bonchev–Trinajstić information content (AvgIpc) is 3.47. The van der Waals surface area contributed by atoms with Crippen LogP contribution in [0, 0.1) is 6.92 Å². The van der Waals surface area contributed by atoms with Crippen molar-refractivity contribution in [3.05, 3.63) is 71.8 Å². The zero-order valence-electron chi connectivity index (χ0n) is 17.3. The summed E-state index contributed by atoms with van der Waals surface area (Å²) in [5, 5.41) is 1.56. The summed E-state index contributed by atoms with van der Waals surface area (Å²) in [4.78, 5) is 27.9.